The van der Waals surface area contributed by atoms with E-state index in [1.54, 1.807) is 11.8 Å². The number of hydrogen-bond acceptors (Lipinski definition) is 3. The van der Waals surface area contributed by atoms with Gasteiger partial charge in [0.05, 0.1) is 0 Å². The first-order valence-corrected chi connectivity index (χ1v) is 9.73. The van der Waals surface area contributed by atoms with Gasteiger partial charge in [0.15, 0.2) is 5.96 Å². The van der Waals surface area contributed by atoms with E-state index < -0.39 is 0 Å². The molecule has 2 N–H and O–H groups in total. The van der Waals surface area contributed by atoms with Gasteiger partial charge >= 0.3 is 0 Å². The van der Waals surface area contributed by atoms with Crippen molar-refractivity contribution in [3.05, 3.63) is 29.3 Å². The van der Waals surface area contributed by atoms with Crippen LogP contribution in [-0.4, -0.2) is 55.2 Å². The molecule has 0 saturated carbocycles. The van der Waals surface area contributed by atoms with Crippen molar-refractivity contribution in [2.75, 3.05) is 38.5 Å². The van der Waals surface area contributed by atoms with E-state index in [0.717, 1.165) is 49.8 Å². The largest absolute Gasteiger partial charge is 0.357 e. The van der Waals surface area contributed by atoms with E-state index in [9.17, 15) is 4.79 Å². The number of thioether (sulfide) groups is 1. The van der Waals surface area contributed by atoms with Crippen molar-refractivity contribution in [3.8, 4) is 0 Å². The van der Waals surface area contributed by atoms with E-state index in [-0.39, 0.29) is 12.5 Å². The minimum absolute atomic E-state index is 0.111. The molecular formula is C17H25ClN4OS. The van der Waals surface area contributed by atoms with Gasteiger partial charge in [-0.05, 0) is 44.0 Å². The first kappa shape index (κ1) is 18.9. The lowest BCUT2D eigenvalue weighted by atomic mass is 10.4. The number of benzene rings is 1. The fraction of sp³-hybridized carbons (Fsp3) is 0.529. The van der Waals surface area contributed by atoms with Gasteiger partial charge in [-0.25, -0.2) is 4.99 Å². The van der Waals surface area contributed by atoms with Crippen molar-refractivity contribution < 1.29 is 4.79 Å². The highest BCUT2D eigenvalue weighted by molar-refractivity contribution is 7.99. The third kappa shape index (κ3) is 6.61. The molecule has 0 atom stereocenters. The van der Waals surface area contributed by atoms with Crippen molar-refractivity contribution in [2.45, 2.75) is 24.7 Å². The number of nitrogens with zero attached hydrogens (tertiary/aromatic N) is 2. The first-order valence-electron chi connectivity index (χ1n) is 8.37. The standard InChI is InChI=1S/C17H25ClN4OS/c1-2-19-17(21-13-16(23)22-10-3-4-11-22)20-9-12-24-15-7-5-14(18)6-8-15/h5-8H,2-4,9-13H2,1H3,(H2,19,20,21). The lowest BCUT2D eigenvalue weighted by Gasteiger charge is -2.15. The Balaban J connectivity index is 1.72. The second-order valence-corrected chi connectivity index (χ2v) is 7.12. The van der Waals surface area contributed by atoms with Crippen LogP contribution in [0, 0.1) is 0 Å². The zero-order valence-corrected chi connectivity index (χ0v) is 15.6. The van der Waals surface area contributed by atoms with Crippen molar-refractivity contribution in [1.29, 1.82) is 0 Å². The Kier molecular flexibility index (Phi) is 8.25. The molecule has 0 spiro atoms. The van der Waals surface area contributed by atoms with Gasteiger partial charge in [0.2, 0.25) is 5.91 Å². The van der Waals surface area contributed by atoms with Crippen LogP contribution >= 0.6 is 23.4 Å². The van der Waals surface area contributed by atoms with E-state index in [2.05, 4.69) is 15.6 Å². The number of carbonyl (C=O) groups is 1. The molecule has 132 valence electrons. The topological polar surface area (TPSA) is 56.7 Å². The Morgan fingerprint density at radius 3 is 2.62 bits per heavy atom. The lowest BCUT2D eigenvalue weighted by molar-refractivity contribution is -0.128. The molecule has 1 amide bonds. The zero-order chi connectivity index (χ0) is 17.2. The number of guanidine groups is 1. The molecule has 1 heterocycles. The number of likely N-dealkylation sites (tertiary alicyclic amines) is 1. The first-order chi connectivity index (χ1) is 11.7. The molecule has 1 aromatic carbocycles. The molecule has 0 unspecified atom stereocenters. The smallest absolute Gasteiger partial charge is 0.244 e. The molecule has 0 bridgehead atoms. The Labute approximate surface area is 153 Å². The number of hydrogen-bond donors (Lipinski definition) is 2. The summed E-state index contributed by atoms with van der Waals surface area (Å²) in [4.78, 5) is 19.5. The van der Waals surface area contributed by atoms with Crippen LogP contribution in [0.4, 0.5) is 0 Å². The predicted molar refractivity (Wildman–Crippen MR) is 102 cm³/mol. The van der Waals surface area contributed by atoms with Crippen LogP contribution in [0.15, 0.2) is 34.2 Å². The molecule has 1 fully saturated rings. The Morgan fingerprint density at radius 2 is 1.96 bits per heavy atom. The molecule has 1 aliphatic rings. The summed E-state index contributed by atoms with van der Waals surface area (Å²) in [5.74, 6) is 1.72. The van der Waals surface area contributed by atoms with Gasteiger partial charge in [-0.2, -0.15) is 0 Å². The summed E-state index contributed by atoms with van der Waals surface area (Å²) >= 11 is 7.63. The quantitative estimate of drug-likeness (QED) is 0.336. The van der Waals surface area contributed by atoms with Crippen LogP contribution in [0.1, 0.15) is 19.8 Å². The zero-order valence-electron chi connectivity index (χ0n) is 14.1. The second-order valence-electron chi connectivity index (χ2n) is 5.51. The summed E-state index contributed by atoms with van der Waals surface area (Å²) in [6, 6.07) is 7.82. The van der Waals surface area contributed by atoms with Crippen LogP contribution in [-0.2, 0) is 4.79 Å². The van der Waals surface area contributed by atoms with Gasteiger partial charge in [0.1, 0.15) is 6.54 Å². The number of aliphatic imine (C=N–C) groups is 1. The Morgan fingerprint density at radius 1 is 1.25 bits per heavy atom. The molecule has 0 aliphatic carbocycles. The maximum atomic E-state index is 12.0. The van der Waals surface area contributed by atoms with Crippen molar-refractivity contribution in [2.24, 2.45) is 4.99 Å². The monoisotopic (exact) mass is 368 g/mol. The summed E-state index contributed by atoms with van der Waals surface area (Å²) in [6.07, 6.45) is 2.21. The number of halogens is 1. The van der Waals surface area contributed by atoms with Gasteiger partial charge in [-0.1, -0.05) is 11.6 Å². The fourth-order valence-corrected chi connectivity index (χ4v) is 3.32. The van der Waals surface area contributed by atoms with Gasteiger partial charge in [0.25, 0.3) is 0 Å². The maximum Gasteiger partial charge on any atom is 0.244 e. The maximum absolute atomic E-state index is 12.0. The third-order valence-electron chi connectivity index (χ3n) is 3.65. The molecule has 0 radical (unpaired) electrons. The molecule has 0 aromatic heterocycles. The van der Waals surface area contributed by atoms with Crippen LogP contribution in [0.25, 0.3) is 0 Å². The van der Waals surface area contributed by atoms with E-state index in [4.69, 9.17) is 11.6 Å². The normalized spacial score (nSPS) is 14.8. The number of nitrogens with one attached hydrogen (secondary N) is 2. The molecule has 1 saturated heterocycles. The summed E-state index contributed by atoms with van der Waals surface area (Å²) in [7, 11) is 0. The van der Waals surface area contributed by atoms with E-state index in [0.29, 0.717) is 5.96 Å². The van der Waals surface area contributed by atoms with E-state index in [1.165, 1.54) is 4.90 Å². The van der Waals surface area contributed by atoms with Crippen LogP contribution in [0.5, 0.6) is 0 Å². The predicted octanol–water partition coefficient (Wildman–Crippen LogP) is 2.61. The molecular weight excluding hydrogens is 344 g/mol. The Hall–Kier alpha value is -1.40. The third-order valence-corrected chi connectivity index (χ3v) is 4.92. The van der Waals surface area contributed by atoms with Crippen molar-refractivity contribution >= 4 is 35.2 Å². The number of amides is 1. The summed E-state index contributed by atoms with van der Waals surface area (Å²) < 4.78 is 0. The summed E-state index contributed by atoms with van der Waals surface area (Å²) in [5, 5.41) is 7.20. The van der Waals surface area contributed by atoms with Gasteiger partial charge in [-0.15, -0.1) is 11.8 Å². The molecule has 1 aromatic rings. The summed E-state index contributed by atoms with van der Waals surface area (Å²) in [5.41, 5.74) is 0. The molecule has 7 heteroatoms. The average molecular weight is 369 g/mol. The number of rotatable bonds is 7. The molecule has 2 rings (SSSR count). The highest BCUT2D eigenvalue weighted by atomic mass is 35.5. The Bertz CT molecular complexity index is 544. The van der Waals surface area contributed by atoms with Crippen LogP contribution in [0.3, 0.4) is 0 Å². The van der Waals surface area contributed by atoms with Crippen LogP contribution < -0.4 is 10.6 Å². The van der Waals surface area contributed by atoms with Crippen LogP contribution in [0.2, 0.25) is 5.02 Å². The van der Waals surface area contributed by atoms with E-state index in [1.807, 2.05) is 36.1 Å². The van der Waals surface area contributed by atoms with Gasteiger partial charge in [0, 0.05) is 41.8 Å². The fourth-order valence-electron chi connectivity index (χ4n) is 2.42. The van der Waals surface area contributed by atoms with Crippen molar-refractivity contribution in [3.63, 3.8) is 0 Å². The molecule has 5 nitrogen and oxygen atoms in total. The van der Waals surface area contributed by atoms with Gasteiger partial charge < -0.3 is 15.5 Å². The van der Waals surface area contributed by atoms with Crippen molar-refractivity contribution in [1.82, 2.24) is 15.5 Å². The minimum Gasteiger partial charge on any atom is -0.357 e. The lowest BCUT2D eigenvalue weighted by Crippen LogP contribution is -2.39. The SMILES string of the molecule is CCNC(=NCC(=O)N1CCCC1)NCCSc1ccc(Cl)cc1. The van der Waals surface area contributed by atoms with E-state index >= 15 is 0 Å². The molecule has 24 heavy (non-hydrogen) atoms. The average Bonchev–Trinajstić information content (AvgIpc) is 3.12. The molecule has 1 aliphatic heterocycles. The highest BCUT2D eigenvalue weighted by Gasteiger charge is 2.17. The highest BCUT2D eigenvalue weighted by Crippen LogP contribution is 2.19. The minimum atomic E-state index is 0.111. The number of carbonyl (C=O) groups excluding carboxylic acids is 1. The summed E-state index contributed by atoms with van der Waals surface area (Å²) in [6.45, 7) is 5.51. The van der Waals surface area contributed by atoms with Gasteiger partial charge in [-0.3, -0.25) is 4.79 Å². The second kappa shape index (κ2) is 10.5.